The summed E-state index contributed by atoms with van der Waals surface area (Å²) in [4.78, 5) is 15.9. The molecule has 0 unspecified atom stereocenters. The quantitative estimate of drug-likeness (QED) is 0.273. The van der Waals surface area contributed by atoms with Crippen LogP contribution in [0.1, 0.15) is 40.6 Å². The van der Waals surface area contributed by atoms with E-state index in [4.69, 9.17) is 4.99 Å². The molecule has 2 N–H and O–H groups in total. The number of guanidine groups is 1. The summed E-state index contributed by atoms with van der Waals surface area (Å²) >= 11 is 1.79. The minimum Gasteiger partial charge on any atom is -0.357 e. The van der Waals surface area contributed by atoms with Gasteiger partial charge in [0.25, 0.3) is 0 Å². The molecule has 1 aliphatic rings. The molecule has 1 aromatic carbocycles. The van der Waals surface area contributed by atoms with Crippen LogP contribution in [0.4, 0.5) is 0 Å². The van der Waals surface area contributed by atoms with Crippen molar-refractivity contribution in [3.05, 3.63) is 51.0 Å². The summed E-state index contributed by atoms with van der Waals surface area (Å²) in [6.45, 7) is 17.7. The van der Waals surface area contributed by atoms with Gasteiger partial charge in [-0.3, -0.25) is 4.90 Å². The van der Waals surface area contributed by atoms with Crippen LogP contribution in [-0.4, -0.2) is 66.6 Å². The highest BCUT2D eigenvalue weighted by Gasteiger charge is 2.16. The molecule has 2 heterocycles. The second-order valence-corrected chi connectivity index (χ2v) is 9.39. The maximum absolute atomic E-state index is 4.87. The van der Waals surface area contributed by atoms with E-state index in [-0.39, 0.29) is 24.0 Å². The van der Waals surface area contributed by atoms with Gasteiger partial charge in [-0.15, -0.1) is 35.3 Å². The van der Waals surface area contributed by atoms with Crippen LogP contribution < -0.4 is 10.6 Å². The first-order valence-corrected chi connectivity index (χ1v) is 12.4. The minimum absolute atomic E-state index is 0. The SMILES string of the molecule is CCNC(=NCc1ccccc1CN1CCN(CC)CC1)NCCc1nc(C)c(C)s1.I. The van der Waals surface area contributed by atoms with E-state index in [0.717, 1.165) is 57.3 Å². The number of thiazole rings is 1. The molecule has 1 saturated heterocycles. The zero-order chi connectivity index (χ0) is 22.1. The van der Waals surface area contributed by atoms with Gasteiger partial charge in [-0.25, -0.2) is 9.98 Å². The summed E-state index contributed by atoms with van der Waals surface area (Å²) in [6, 6.07) is 8.74. The Morgan fingerprint density at radius 1 is 1.03 bits per heavy atom. The monoisotopic (exact) mass is 570 g/mol. The van der Waals surface area contributed by atoms with E-state index in [2.05, 4.69) is 77.4 Å². The molecule has 0 radical (unpaired) electrons. The molecule has 3 rings (SSSR count). The maximum atomic E-state index is 4.87. The van der Waals surface area contributed by atoms with Crippen molar-refractivity contribution >= 4 is 41.3 Å². The first-order valence-electron chi connectivity index (χ1n) is 11.6. The van der Waals surface area contributed by atoms with Crippen molar-refractivity contribution in [3.8, 4) is 0 Å². The molecule has 2 aromatic rings. The normalized spacial score (nSPS) is 15.4. The van der Waals surface area contributed by atoms with Gasteiger partial charge in [0.05, 0.1) is 17.2 Å². The highest BCUT2D eigenvalue weighted by atomic mass is 127. The fourth-order valence-corrected chi connectivity index (χ4v) is 4.74. The number of nitrogens with zero attached hydrogens (tertiary/aromatic N) is 4. The number of likely N-dealkylation sites (N-methyl/N-ethyl adjacent to an activating group) is 1. The van der Waals surface area contributed by atoms with Crippen molar-refractivity contribution in [2.24, 2.45) is 4.99 Å². The van der Waals surface area contributed by atoms with Gasteiger partial charge in [-0.1, -0.05) is 31.2 Å². The number of nitrogens with one attached hydrogen (secondary N) is 2. The van der Waals surface area contributed by atoms with Crippen molar-refractivity contribution in [2.45, 2.75) is 47.2 Å². The number of benzene rings is 1. The van der Waals surface area contributed by atoms with Gasteiger partial charge in [-0.05, 0) is 38.4 Å². The van der Waals surface area contributed by atoms with E-state index in [0.29, 0.717) is 6.54 Å². The predicted molar refractivity (Wildman–Crippen MR) is 147 cm³/mol. The highest BCUT2D eigenvalue weighted by Crippen LogP contribution is 2.17. The van der Waals surface area contributed by atoms with Gasteiger partial charge >= 0.3 is 0 Å². The summed E-state index contributed by atoms with van der Waals surface area (Å²) in [5.74, 6) is 0.874. The average Bonchev–Trinajstić information content (AvgIpc) is 3.10. The third kappa shape index (κ3) is 8.28. The van der Waals surface area contributed by atoms with Crippen molar-refractivity contribution in [2.75, 3.05) is 45.8 Å². The fourth-order valence-electron chi connectivity index (χ4n) is 3.81. The Morgan fingerprint density at radius 3 is 2.34 bits per heavy atom. The van der Waals surface area contributed by atoms with E-state index in [1.807, 2.05) is 0 Å². The van der Waals surface area contributed by atoms with Gasteiger partial charge in [0.2, 0.25) is 0 Å². The molecule has 0 spiro atoms. The molecular weight excluding hydrogens is 531 g/mol. The largest absolute Gasteiger partial charge is 0.357 e. The highest BCUT2D eigenvalue weighted by molar-refractivity contribution is 14.0. The van der Waals surface area contributed by atoms with Crippen LogP contribution in [-0.2, 0) is 19.5 Å². The average molecular weight is 571 g/mol. The van der Waals surface area contributed by atoms with Gasteiger partial charge in [0.15, 0.2) is 5.96 Å². The molecule has 0 bridgehead atoms. The van der Waals surface area contributed by atoms with Crippen molar-refractivity contribution < 1.29 is 0 Å². The van der Waals surface area contributed by atoms with Crippen LogP contribution in [0.5, 0.6) is 0 Å². The smallest absolute Gasteiger partial charge is 0.191 e. The Morgan fingerprint density at radius 2 is 1.72 bits per heavy atom. The topological polar surface area (TPSA) is 55.8 Å². The lowest BCUT2D eigenvalue weighted by atomic mass is 10.1. The molecule has 0 saturated carbocycles. The van der Waals surface area contributed by atoms with E-state index in [1.54, 1.807) is 11.3 Å². The van der Waals surface area contributed by atoms with Crippen LogP contribution in [0, 0.1) is 13.8 Å². The zero-order valence-corrected chi connectivity index (χ0v) is 23.1. The number of piperazine rings is 1. The summed E-state index contributed by atoms with van der Waals surface area (Å²) < 4.78 is 0. The number of aromatic nitrogens is 1. The second kappa shape index (κ2) is 14.1. The van der Waals surface area contributed by atoms with E-state index < -0.39 is 0 Å². The number of halogens is 1. The number of rotatable bonds is 9. The molecular formula is C24H39IN6S. The predicted octanol–water partition coefficient (Wildman–Crippen LogP) is 3.81. The number of hydrogen-bond acceptors (Lipinski definition) is 5. The van der Waals surface area contributed by atoms with Crippen molar-refractivity contribution in [1.82, 2.24) is 25.4 Å². The van der Waals surface area contributed by atoms with Crippen LogP contribution >= 0.6 is 35.3 Å². The van der Waals surface area contributed by atoms with Crippen molar-refractivity contribution in [3.63, 3.8) is 0 Å². The van der Waals surface area contributed by atoms with Crippen LogP contribution in [0.15, 0.2) is 29.3 Å². The fraction of sp³-hybridized carbons (Fsp3) is 0.583. The second-order valence-electron chi connectivity index (χ2n) is 8.10. The van der Waals surface area contributed by atoms with Gasteiger partial charge in [0.1, 0.15) is 0 Å². The summed E-state index contributed by atoms with van der Waals surface area (Å²) in [5, 5.41) is 8.03. The summed E-state index contributed by atoms with van der Waals surface area (Å²) in [6.07, 6.45) is 0.921. The Hall–Kier alpha value is -1.23. The lowest BCUT2D eigenvalue weighted by molar-refractivity contribution is 0.131. The molecule has 0 aliphatic carbocycles. The maximum Gasteiger partial charge on any atom is 0.191 e. The van der Waals surface area contributed by atoms with E-state index in [9.17, 15) is 0 Å². The molecule has 1 aliphatic heterocycles. The third-order valence-corrected chi connectivity index (χ3v) is 7.01. The molecule has 0 atom stereocenters. The van der Waals surface area contributed by atoms with Crippen LogP contribution in [0.2, 0.25) is 0 Å². The Kier molecular flexibility index (Phi) is 11.9. The lowest BCUT2D eigenvalue weighted by Gasteiger charge is -2.34. The van der Waals surface area contributed by atoms with E-state index in [1.165, 1.54) is 34.1 Å². The Labute approximate surface area is 214 Å². The minimum atomic E-state index is 0. The lowest BCUT2D eigenvalue weighted by Crippen LogP contribution is -2.45. The van der Waals surface area contributed by atoms with Gasteiger partial charge in [-0.2, -0.15) is 0 Å². The Bertz CT molecular complexity index is 825. The van der Waals surface area contributed by atoms with Crippen LogP contribution in [0.25, 0.3) is 0 Å². The molecule has 0 amide bonds. The Balaban J connectivity index is 0.00000363. The molecule has 1 fully saturated rings. The van der Waals surface area contributed by atoms with Gasteiger partial charge < -0.3 is 15.5 Å². The molecule has 8 heteroatoms. The molecule has 6 nitrogen and oxygen atoms in total. The molecule has 32 heavy (non-hydrogen) atoms. The number of aliphatic imine (C=N–C) groups is 1. The first-order chi connectivity index (χ1) is 15.1. The molecule has 1 aromatic heterocycles. The summed E-state index contributed by atoms with van der Waals surface area (Å²) in [5.41, 5.74) is 3.85. The number of hydrogen-bond donors (Lipinski definition) is 2. The summed E-state index contributed by atoms with van der Waals surface area (Å²) in [7, 11) is 0. The molecule has 178 valence electrons. The van der Waals surface area contributed by atoms with Crippen molar-refractivity contribution in [1.29, 1.82) is 0 Å². The number of aryl methyl sites for hydroxylation is 2. The van der Waals surface area contributed by atoms with Gasteiger partial charge in [0, 0.05) is 57.1 Å². The third-order valence-electron chi connectivity index (χ3n) is 5.88. The first kappa shape index (κ1) is 27.0. The zero-order valence-electron chi connectivity index (χ0n) is 20.0. The standard InChI is InChI=1S/C24H38N6S.HI/c1-5-25-24(26-12-11-23-28-19(3)20(4)31-23)27-17-21-9-7-8-10-22(21)18-30-15-13-29(6-2)14-16-30;/h7-10H,5-6,11-18H2,1-4H3,(H2,25,26,27);1H. The van der Waals surface area contributed by atoms with E-state index >= 15 is 0 Å². The van der Waals surface area contributed by atoms with Crippen LogP contribution in [0.3, 0.4) is 0 Å².